The fraction of sp³-hybridized carbons (Fsp3) is 0.680. The Kier molecular flexibility index (Phi) is 7.40. The second kappa shape index (κ2) is 9.55. The standard InChI is InChI=1S/C25H38O6Si/c1-16(26)30-20-14-21-23(19(20)15-29-32(6,7)25(2,3)4)18-12-8-10-17(24(18)31-21)11-9-13-22(27)28-5/h8,10,12,19-21,23H,9,11,13-15H2,1-7H3/t19-,20+,21-,23?/m0/s1. The first-order chi connectivity index (χ1) is 14.9. The van der Waals surface area contributed by atoms with E-state index >= 15 is 0 Å². The van der Waals surface area contributed by atoms with Crippen LogP contribution in [-0.2, 0) is 29.9 Å². The Morgan fingerprint density at radius 2 is 1.94 bits per heavy atom. The Balaban J connectivity index is 1.81. The van der Waals surface area contributed by atoms with E-state index in [0.717, 1.165) is 24.2 Å². The van der Waals surface area contributed by atoms with Crippen molar-refractivity contribution in [2.45, 2.75) is 89.6 Å². The first-order valence-electron chi connectivity index (χ1n) is 11.6. The lowest BCUT2D eigenvalue weighted by Crippen LogP contribution is -2.43. The van der Waals surface area contributed by atoms with Crippen LogP contribution in [0.1, 0.15) is 64.0 Å². The number of methoxy groups -OCH3 is 1. The molecule has 0 radical (unpaired) electrons. The van der Waals surface area contributed by atoms with E-state index in [2.05, 4.69) is 52.1 Å². The molecule has 0 bridgehead atoms. The van der Waals surface area contributed by atoms with Crippen molar-refractivity contribution in [3.63, 3.8) is 0 Å². The van der Waals surface area contributed by atoms with Crippen molar-refractivity contribution in [3.8, 4) is 5.75 Å². The summed E-state index contributed by atoms with van der Waals surface area (Å²) in [4.78, 5) is 23.3. The summed E-state index contributed by atoms with van der Waals surface area (Å²) in [5, 5.41) is 0.110. The number of carbonyl (C=O) groups is 2. The van der Waals surface area contributed by atoms with Gasteiger partial charge in [0.1, 0.15) is 18.0 Å². The van der Waals surface area contributed by atoms with Crippen LogP contribution >= 0.6 is 0 Å². The van der Waals surface area contributed by atoms with Gasteiger partial charge in [-0.1, -0.05) is 39.0 Å². The van der Waals surface area contributed by atoms with Gasteiger partial charge in [0.2, 0.25) is 0 Å². The van der Waals surface area contributed by atoms with Gasteiger partial charge < -0.3 is 18.6 Å². The lowest BCUT2D eigenvalue weighted by atomic mass is 9.87. The molecule has 1 unspecified atom stereocenters. The molecule has 32 heavy (non-hydrogen) atoms. The van der Waals surface area contributed by atoms with E-state index in [0.29, 0.717) is 19.4 Å². The van der Waals surface area contributed by atoms with Crippen LogP contribution in [0, 0.1) is 5.92 Å². The Morgan fingerprint density at radius 1 is 1.22 bits per heavy atom. The largest absolute Gasteiger partial charge is 0.489 e. The van der Waals surface area contributed by atoms with Gasteiger partial charge in [-0.25, -0.2) is 0 Å². The number of carbonyl (C=O) groups excluding carboxylic acids is 2. The third-order valence-corrected chi connectivity index (χ3v) is 11.9. The number of fused-ring (bicyclic) bond motifs is 3. The third kappa shape index (κ3) is 5.20. The van der Waals surface area contributed by atoms with Crippen LogP contribution in [0.4, 0.5) is 0 Å². The van der Waals surface area contributed by atoms with Crippen LogP contribution in [0.2, 0.25) is 18.1 Å². The summed E-state index contributed by atoms with van der Waals surface area (Å²) in [6.07, 6.45) is 2.32. The van der Waals surface area contributed by atoms with Crippen LogP contribution in [0.5, 0.6) is 5.75 Å². The maximum Gasteiger partial charge on any atom is 0.305 e. The number of hydrogen-bond donors (Lipinski definition) is 0. The number of para-hydroxylation sites is 1. The number of benzene rings is 1. The highest BCUT2D eigenvalue weighted by Crippen LogP contribution is 2.53. The van der Waals surface area contributed by atoms with Crippen molar-refractivity contribution >= 4 is 20.3 Å². The first kappa shape index (κ1) is 24.8. The van der Waals surface area contributed by atoms with Gasteiger partial charge in [0.25, 0.3) is 0 Å². The molecule has 1 saturated carbocycles. The Labute approximate surface area is 193 Å². The molecule has 0 saturated heterocycles. The van der Waals surface area contributed by atoms with E-state index in [1.54, 1.807) is 0 Å². The van der Waals surface area contributed by atoms with E-state index in [4.69, 9.17) is 18.6 Å². The predicted octanol–water partition coefficient (Wildman–Crippen LogP) is 5.00. The minimum absolute atomic E-state index is 0.0240. The number of ether oxygens (including phenoxy) is 3. The molecule has 4 atom stereocenters. The molecule has 1 fully saturated rings. The average Bonchev–Trinajstić information content (AvgIpc) is 3.21. The highest BCUT2D eigenvalue weighted by molar-refractivity contribution is 6.74. The van der Waals surface area contributed by atoms with E-state index < -0.39 is 8.32 Å². The molecule has 1 aromatic carbocycles. The molecule has 1 aliphatic heterocycles. The summed E-state index contributed by atoms with van der Waals surface area (Å²) in [5.41, 5.74) is 2.29. The van der Waals surface area contributed by atoms with Crippen molar-refractivity contribution in [3.05, 3.63) is 29.3 Å². The summed E-state index contributed by atoms with van der Waals surface area (Å²) >= 11 is 0. The SMILES string of the molecule is COC(=O)CCCc1cccc2c1O[C@H]1C[C@@H](OC(C)=O)[C@H](CO[Si](C)(C)C(C)(C)C)C21. The van der Waals surface area contributed by atoms with Crippen molar-refractivity contribution in [1.29, 1.82) is 0 Å². The lowest BCUT2D eigenvalue weighted by Gasteiger charge is -2.38. The van der Waals surface area contributed by atoms with Gasteiger partial charge in [0, 0.05) is 43.8 Å². The summed E-state index contributed by atoms with van der Waals surface area (Å²) in [7, 11) is -0.531. The molecule has 178 valence electrons. The van der Waals surface area contributed by atoms with Crippen LogP contribution in [0.25, 0.3) is 0 Å². The molecular formula is C25H38O6Si. The van der Waals surface area contributed by atoms with Crippen molar-refractivity contribution < 1.29 is 28.2 Å². The topological polar surface area (TPSA) is 71.1 Å². The Hall–Kier alpha value is -1.86. The normalized spacial score (nSPS) is 24.5. The van der Waals surface area contributed by atoms with Crippen LogP contribution in [0.15, 0.2) is 18.2 Å². The average molecular weight is 463 g/mol. The van der Waals surface area contributed by atoms with Crippen LogP contribution in [0.3, 0.4) is 0 Å². The summed E-state index contributed by atoms with van der Waals surface area (Å²) in [5.74, 6) is 0.682. The molecule has 3 rings (SSSR count). The summed E-state index contributed by atoms with van der Waals surface area (Å²) < 4.78 is 23.5. The molecule has 0 N–H and O–H groups in total. The lowest BCUT2D eigenvalue weighted by molar-refractivity contribution is -0.149. The van der Waals surface area contributed by atoms with E-state index in [-0.39, 0.29) is 41.0 Å². The second-order valence-electron chi connectivity index (χ2n) is 10.6. The number of rotatable bonds is 8. The minimum Gasteiger partial charge on any atom is -0.489 e. The molecule has 0 spiro atoms. The van der Waals surface area contributed by atoms with Crippen molar-refractivity contribution in [2.24, 2.45) is 5.92 Å². The molecule has 0 aromatic heterocycles. The molecule has 6 nitrogen and oxygen atoms in total. The highest BCUT2D eigenvalue weighted by Gasteiger charge is 2.52. The zero-order valence-electron chi connectivity index (χ0n) is 20.5. The van der Waals surface area contributed by atoms with Crippen LogP contribution < -0.4 is 4.74 Å². The highest BCUT2D eigenvalue weighted by atomic mass is 28.4. The van der Waals surface area contributed by atoms with Gasteiger partial charge >= 0.3 is 11.9 Å². The fourth-order valence-corrected chi connectivity index (χ4v) is 5.62. The molecule has 2 aliphatic rings. The molecule has 1 heterocycles. The maximum atomic E-state index is 11.8. The fourth-order valence-electron chi connectivity index (χ4n) is 4.57. The zero-order chi connectivity index (χ0) is 23.7. The monoisotopic (exact) mass is 462 g/mol. The summed E-state index contributed by atoms with van der Waals surface area (Å²) in [6.45, 7) is 13.2. The van der Waals surface area contributed by atoms with Crippen LogP contribution in [-0.4, -0.2) is 46.2 Å². The minimum atomic E-state index is -1.95. The maximum absolute atomic E-state index is 11.8. The summed E-state index contributed by atoms with van der Waals surface area (Å²) in [6, 6.07) is 6.25. The van der Waals surface area contributed by atoms with Crippen molar-refractivity contribution in [1.82, 2.24) is 0 Å². The van der Waals surface area contributed by atoms with Gasteiger partial charge in [-0.3, -0.25) is 9.59 Å². The number of aryl methyl sites for hydroxylation is 1. The van der Waals surface area contributed by atoms with Gasteiger partial charge in [-0.05, 0) is 36.5 Å². The van der Waals surface area contributed by atoms with Gasteiger partial charge in [0.05, 0.1) is 7.11 Å². The van der Waals surface area contributed by atoms with Gasteiger partial charge in [-0.2, -0.15) is 0 Å². The zero-order valence-corrected chi connectivity index (χ0v) is 21.5. The molecular weight excluding hydrogens is 424 g/mol. The number of hydrogen-bond acceptors (Lipinski definition) is 6. The third-order valence-electron chi connectivity index (χ3n) is 7.37. The van der Waals surface area contributed by atoms with E-state index in [1.165, 1.54) is 19.6 Å². The quantitative estimate of drug-likeness (QED) is 0.400. The molecule has 1 aromatic rings. The van der Waals surface area contributed by atoms with Gasteiger partial charge in [-0.15, -0.1) is 0 Å². The van der Waals surface area contributed by atoms with E-state index in [9.17, 15) is 9.59 Å². The molecule has 0 amide bonds. The molecule has 1 aliphatic carbocycles. The Morgan fingerprint density at radius 3 is 2.56 bits per heavy atom. The number of esters is 2. The Bertz CT molecular complexity index is 843. The molecule has 7 heteroatoms. The van der Waals surface area contributed by atoms with E-state index in [1.807, 2.05) is 0 Å². The predicted molar refractivity (Wildman–Crippen MR) is 125 cm³/mol. The second-order valence-corrected chi connectivity index (χ2v) is 15.4. The van der Waals surface area contributed by atoms with Gasteiger partial charge in [0.15, 0.2) is 8.32 Å². The van der Waals surface area contributed by atoms with Crippen molar-refractivity contribution in [2.75, 3.05) is 13.7 Å². The first-order valence-corrected chi connectivity index (χ1v) is 14.5. The smallest absolute Gasteiger partial charge is 0.305 e.